The molecule has 1 heterocycles. The molecule has 0 spiro atoms. The molecule has 1 aromatic rings. The Balaban J connectivity index is 2.20. The van der Waals surface area contributed by atoms with Gasteiger partial charge in [-0.05, 0) is 12.1 Å². The Kier molecular flexibility index (Phi) is 3.28. The third kappa shape index (κ3) is 2.91. The molecule has 0 aliphatic carbocycles. The maximum Gasteiger partial charge on any atom is 0.509 e. The van der Waals surface area contributed by atoms with E-state index in [-0.39, 0.29) is 18.5 Å². The second-order valence-electron chi connectivity index (χ2n) is 3.87. The first kappa shape index (κ1) is 12.2. The lowest BCUT2D eigenvalue weighted by Gasteiger charge is -2.18. The maximum absolute atomic E-state index is 13.3. The topological polar surface area (TPSA) is 18.5 Å². The summed E-state index contributed by atoms with van der Waals surface area (Å²) in [4.78, 5) is 0. The smallest absolute Gasteiger partial charge is 0.485 e. The van der Waals surface area contributed by atoms with Crippen LogP contribution >= 0.6 is 0 Å². The van der Waals surface area contributed by atoms with Crippen LogP contribution in [-0.4, -0.2) is 26.3 Å². The van der Waals surface area contributed by atoms with Crippen LogP contribution in [0.4, 0.5) is 17.3 Å². The Labute approximate surface area is 95.6 Å². The largest absolute Gasteiger partial charge is 0.509 e. The monoisotopic (exact) mass is 249 g/mol. The molecule has 0 saturated carbocycles. The quantitative estimate of drug-likeness (QED) is 0.602. The third-order valence-corrected chi connectivity index (χ3v) is 2.51. The summed E-state index contributed by atoms with van der Waals surface area (Å²) in [6, 6.07) is 2.19. The summed E-state index contributed by atoms with van der Waals surface area (Å²) in [6.45, 7) is -4.38. The van der Waals surface area contributed by atoms with E-state index in [1.165, 1.54) is 0 Å². The van der Waals surface area contributed by atoms with Crippen molar-refractivity contribution in [3.05, 3.63) is 24.0 Å². The van der Waals surface area contributed by atoms with Crippen molar-refractivity contribution in [3.63, 3.8) is 0 Å². The van der Waals surface area contributed by atoms with Crippen molar-refractivity contribution in [2.45, 2.75) is 12.5 Å². The first-order chi connectivity index (χ1) is 7.97. The zero-order chi connectivity index (χ0) is 12.5. The SMILES string of the molecule is Fc1ccc([B-](F)(F)F)cc1OC1CCOC1. The summed E-state index contributed by atoms with van der Waals surface area (Å²) >= 11 is 0. The molecule has 2 nitrogen and oxygen atoms in total. The molecule has 0 bridgehead atoms. The normalized spacial score (nSPS) is 20.6. The number of rotatable bonds is 3. The Bertz CT molecular complexity index is 402. The number of hydrogen-bond donors (Lipinski definition) is 0. The van der Waals surface area contributed by atoms with Crippen LogP contribution < -0.4 is 10.2 Å². The van der Waals surface area contributed by atoms with E-state index < -0.39 is 18.3 Å². The molecule has 1 aliphatic rings. The van der Waals surface area contributed by atoms with Gasteiger partial charge in [-0.1, -0.05) is 6.07 Å². The lowest BCUT2D eigenvalue weighted by atomic mass is 9.80. The molecule has 7 heteroatoms. The number of hydrogen-bond acceptors (Lipinski definition) is 2. The second-order valence-corrected chi connectivity index (χ2v) is 3.87. The highest BCUT2D eigenvalue weighted by molar-refractivity contribution is 6.73. The Hall–Kier alpha value is -1.24. The third-order valence-electron chi connectivity index (χ3n) is 2.51. The fraction of sp³-hybridized carbons (Fsp3) is 0.400. The average Bonchev–Trinajstić information content (AvgIpc) is 2.72. The molecule has 17 heavy (non-hydrogen) atoms. The molecule has 0 amide bonds. The standard InChI is InChI=1S/C10H10BF4O2/c12-9-2-1-7(11(13,14)15)5-10(9)17-8-3-4-16-6-8/h1-2,5,8H,3-4,6H2/q-1. The molecular weight excluding hydrogens is 239 g/mol. The van der Waals surface area contributed by atoms with Gasteiger partial charge >= 0.3 is 6.98 Å². The van der Waals surface area contributed by atoms with E-state index in [4.69, 9.17) is 9.47 Å². The van der Waals surface area contributed by atoms with E-state index in [9.17, 15) is 17.3 Å². The Morgan fingerprint density at radius 3 is 2.65 bits per heavy atom. The molecule has 0 N–H and O–H groups in total. The van der Waals surface area contributed by atoms with Crippen molar-refractivity contribution >= 4 is 12.4 Å². The van der Waals surface area contributed by atoms with Gasteiger partial charge in [0, 0.05) is 6.42 Å². The molecule has 94 valence electrons. The van der Waals surface area contributed by atoms with Crippen LogP contribution in [-0.2, 0) is 4.74 Å². The van der Waals surface area contributed by atoms with Gasteiger partial charge in [0.2, 0.25) is 0 Å². The Morgan fingerprint density at radius 2 is 2.06 bits per heavy atom. The van der Waals surface area contributed by atoms with Gasteiger partial charge in [0.15, 0.2) is 11.6 Å². The van der Waals surface area contributed by atoms with Gasteiger partial charge < -0.3 is 22.4 Å². The van der Waals surface area contributed by atoms with Crippen molar-refractivity contribution in [1.29, 1.82) is 0 Å². The molecule has 2 rings (SSSR count). The summed E-state index contributed by atoms with van der Waals surface area (Å²) in [5.41, 5.74) is -0.861. The summed E-state index contributed by atoms with van der Waals surface area (Å²) in [5.74, 6) is -1.15. The van der Waals surface area contributed by atoms with Crippen LogP contribution in [0, 0.1) is 5.82 Å². The molecule has 1 unspecified atom stereocenters. The zero-order valence-corrected chi connectivity index (χ0v) is 8.84. The molecule has 1 saturated heterocycles. The second kappa shape index (κ2) is 4.56. The van der Waals surface area contributed by atoms with E-state index in [0.717, 1.165) is 6.07 Å². The van der Waals surface area contributed by atoms with Gasteiger partial charge in [-0.25, -0.2) is 4.39 Å². The van der Waals surface area contributed by atoms with Crippen molar-refractivity contribution in [2.75, 3.05) is 13.2 Å². The summed E-state index contributed by atoms with van der Waals surface area (Å²) in [5, 5.41) is 0. The first-order valence-electron chi connectivity index (χ1n) is 5.20. The van der Waals surface area contributed by atoms with Crippen LogP contribution in [0.1, 0.15) is 6.42 Å². The molecule has 1 aliphatic heterocycles. The average molecular weight is 249 g/mol. The molecule has 1 atom stereocenters. The summed E-state index contributed by atoms with van der Waals surface area (Å²) in [6.07, 6.45) is 0.182. The van der Waals surface area contributed by atoms with Gasteiger partial charge in [0.05, 0.1) is 13.2 Å². The molecule has 1 aromatic carbocycles. The highest BCUT2D eigenvalue weighted by atomic mass is 19.4. The van der Waals surface area contributed by atoms with Crippen molar-refractivity contribution in [1.82, 2.24) is 0 Å². The number of ether oxygens (including phenoxy) is 2. The fourth-order valence-electron chi connectivity index (χ4n) is 1.60. The van der Waals surface area contributed by atoms with Gasteiger partial charge in [-0.15, -0.1) is 5.46 Å². The number of benzene rings is 1. The fourth-order valence-corrected chi connectivity index (χ4v) is 1.60. The van der Waals surface area contributed by atoms with Gasteiger partial charge in [-0.2, -0.15) is 0 Å². The maximum atomic E-state index is 13.3. The van der Waals surface area contributed by atoms with Crippen LogP contribution in [0.15, 0.2) is 18.2 Å². The lowest BCUT2D eigenvalue weighted by molar-refractivity contribution is 0.138. The molecule has 0 radical (unpaired) electrons. The van der Waals surface area contributed by atoms with Crippen molar-refractivity contribution < 1.29 is 26.8 Å². The number of halogens is 4. The minimum atomic E-state index is -5.14. The van der Waals surface area contributed by atoms with Crippen LogP contribution in [0.5, 0.6) is 5.75 Å². The predicted molar refractivity (Wildman–Crippen MR) is 55.0 cm³/mol. The van der Waals surface area contributed by atoms with E-state index in [0.29, 0.717) is 25.2 Å². The van der Waals surface area contributed by atoms with E-state index in [1.54, 1.807) is 0 Å². The van der Waals surface area contributed by atoms with Crippen molar-refractivity contribution in [3.8, 4) is 5.75 Å². The Morgan fingerprint density at radius 1 is 1.29 bits per heavy atom. The highest BCUT2D eigenvalue weighted by Crippen LogP contribution is 2.21. The van der Waals surface area contributed by atoms with E-state index in [2.05, 4.69) is 0 Å². The van der Waals surface area contributed by atoms with Crippen LogP contribution in [0.2, 0.25) is 0 Å². The highest BCUT2D eigenvalue weighted by Gasteiger charge is 2.27. The zero-order valence-electron chi connectivity index (χ0n) is 8.84. The molecule has 1 fully saturated rings. The van der Waals surface area contributed by atoms with E-state index in [1.807, 2.05) is 0 Å². The van der Waals surface area contributed by atoms with Crippen LogP contribution in [0.3, 0.4) is 0 Å². The van der Waals surface area contributed by atoms with Crippen LogP contribution in [0.25, 0.3) is 0 Å². The van der Waals surface area contributed by atoms with Gasteiger partial charge in [0.1, 0.15) is 6.10 Å². The predicted octanol–water partition coefficient (Wildman–Crippen LogP) is 2.05. The summed E-state index contributed by atoms with van der Waals surface area (Å²) < 4.78 is 60.9. The minimum absolute atomic E-state index is 0.279. The van der Waals surface area contributed by atoms with Gasteiger partial charge in [-0.3, -0.25) is 0 Å². The first-order valence-corrected chi connectivity index (χ1v) is 5.20. The molecular formula is C10H10BF4O2-. The summed E-state index contributed by atoms with van der Waals surface area (Å²) in [7, 11) is 0. The lowest BCUT2D eigenvalue weighted by Crippen LogP contribution is -2.34. The molecule has 0 aromatic heterocycles. The van der Waals surface area contributed by atoms with E-state index >= 15 is 0 Å². The van der Waals surface area contributed by atoms with Gasteiger partial charge in [0.25, 0.3) is 0 Å². The minimum Gasteiger partial charge on any atom is -0.485 e. The van der Waals surface area contributed by atoms with Crippen molar-refractivity contribution in [2.24, 2.45) is 0 Å².